The van der Waals surface area contributed by atoms with E-state index in [1.165, 1.54) is 0 Å². The van der Waals surface area contributed by atoms with Crippen LogP contribution >= 0.6 is 0 Å². The molecule has 0 radical (unpaired) electrons. The summed E-state index contributed by atoms with van der Waals surface area (Å²) in [5.74, 6) is 1.36. The lowest BCUT2D eigenvalue weighted by atomic mass is 9.81. The summed E-state index contributed by atoms with van der Waals surface area (Å²) in [6.45, 7) is 16.6. The van der Waals surface area contributed by atoms with E-state index in [0.29, 0.717) is 17.3 Å². The van der Waals surface area contributed by atoms with Gasteiger partial charge in [0.1, 0.15) is 0 Å². The molecular formula is C15H29N3. The van der Waals surface area contributed by atoms with Gasteiger partial charge in [-0.15, -0.1) is 0 Å². The van der Waals surface area contributed by atoms with E-state index in [2.05, 4.69) is 62.6 Å². The van der Waals surface area contributed by atoms with Gasteiger partial charge >= 0.3 is 0 Å². The SMILES string of the molecule is CC(C)CNCc1cn(CC(C)(C)C(C)C)cn1. The molecule has 0 atom stereocenters. The standard InChI is InChI=1S/C15H29N3/c1-12(2)7-16-8-14-9-18(11-17-14)10-15(5,6)13(3)4/h9,11-13,16H,7-8,10H2,1-6H3. The van der Waals surface area contributed by atoms with Gasteiger partial charge in [0.25, 0.3) is 0 Å². The Labute approximate surface area is 112 Å². The van der Waals surface area contributed by atoms with E-state index in [1.807, 2.05) is 6.33 Å². The van der Waals surface area contributed by atoms with E-state index >= 15 is 0 Å². The van der Waals surface area contributed by atoms with Crippen LogP contribution in [0.1, 0.15) is 47.2 Å². The number of hydrogen-bond donors (Lipinski definition) is 1. The van der Waals surface area contributed by atoms with E-state index < -0.39 is 0 Å². The normalized spacial score (nSPS) is 12.7. The van der Waals surface area contributed by atoms with Crippen molar-refractivity contribution in [2.24, 2.45) is 17.3 Å². The van der Waals surface area contributed by atoms with Gasteiger partial charge in [-0.05, 0) is 23.8 Å². The second-order valence-electron chi connectivity index (χ2n) is 6.71. The van der Waals surface area contributed by atoms with Gasteiger partial charge in [0.15, 0.2) is 0 Å². The Morgan fingerprint density at radius 2 is 1.94 bits per heavy atom. The molecule has 0 saturated heterocycles. The first-order valence-electron chi connectivity index (χ1n) is 7.02. The Morgan fingerprint density at radius 1 is 1.28 bits per heavy atom. The molecule has 3 heteroatoms. The summed E-state index contributed by atoms with van der Waals surface area (Å²) in [7, 11) is 0. The number of hydrogen-bond acceptors (Lipinski definition) is 2. The van der Waals surface area contributed by atoms with E-state index in [9.17, 15) is 0 Å². The molecule has 1 rings (SSSR count). The second kappa shape index (κ2) is 6.37. The number of aromatic nitrogens is 2. The second-order valence-corrected chi connectivity index (χ2v) is 6.71. The van der Waals surface area contributed by atoms with Crippen LogP contribution in [0.5, 0.6) is 0 Å². The third kappa shape index (κ3) is 4.81. The predicted octanol–water partition coefficient (Wildman–Crippen LogP) is 3.31. The minimum atomic E-state index is 0.309. The van der Waals surface area contributed by atoms with Gasteiger partial charge < -0.3 is 9.88 Å². The van der Waals surface area contributed by atoms with Crippen LogP contribution < -0.4 is 5.32 Å². The van der Waals surface area contributed by atoms with E-state index in [0.717, 1.165) is 25.3 Å². The highest BCUT2D eigenvalue weighted by atomic mass is 15.1. The number of nitrogens with zero attached hydrogens (tertiary/aromatic N) is 2. The smallest absolute Gasteiger partial charge is 0.0950 e. The summed E-state index contributed by atoms with van der Waals surface area (Å²) < 4.78 is 2.21. The molecular weight excluding hydrogens is 222 g/mol. The molecule has 0 aliphatic rings. The molecule has 1 aromatic rings. The molecule has 1 aromatic heterocycles. The number of nitrogens with one attached hydrogen (secondary N) is 1. The zero-order valence-corrected chi connectivity index (χ0v) is 12.8. The van der Waals surface area contributed by atoms with Crippen molar-refractivity contribution >= 4 is 0 Å². The maximum Gasteiger partial charge on any atom is 0.0950 e. The van der Waals surface area contributed by atoms with Crippen LogP contribution in [-0.2, 0) is 13.1 Å². The van der Waals surface area contributed by atoms with Crippen LogP contribution in [0.3, 0.4) is 0 Å². The topological polar surface area (TPSA) is 29.9 Å². The minimum Gasteiger partial charge on any atom is -0.337 e. The fourth-order valence-corrected chi connectivity index (χ4v) is 1.73. The summed E-state index contributed by atoms with van der Waals surface area (Å²) in [6, 6.07) is 0. The summed E-state index contributed by atoms with van der Waals surface area (Å²) in [4.78, 5) is 4.46. The molecule has 0 saturated carbocycles. The van der Waals surface area contributed by atoms with Crippen molar-refractivity contribution in [3.8, 4) is 0 Å². The van der Waals surface area contributed by atoms with Crippen LogP contribution in [0.2, 0.25) is 0 Å². The van der Waals surface area contributed by atoms with Crippen molar-refractivity contribution in [3.05, 3.63) is 18.2 Å². The first-order valence-corrected chi connectivity index (χ1v) is 7.02. The van der Waals surface area contributed by atoms with Crippen LogP contribution in [0.25, 0.3) is 0 Å². The largest absolute Gasteiger partial charge is 0.337 e. The van der Waals surface area contributed by atoms with Gasteiger partial charge in [0.2, 0.25) is 0 Å². The minimum absolute atomic E-state index is 0.309. The quantitative estimate of drug-likeness (QED) is 0.805. The lowest BCUT2D eigenvalue weighted by Crippen LogP contribution is -2.25. The Kier molecular flexibility index (Phi) is 5.39. The molecule has 0 aromatic carbocycles. The molecule has 0 unspecified atom stereocenters. The lowest BCUT2D eigenvalue weighted by molar-refractivity contribution is 0.210. The highest BCUT2D eigenvalue weighted by Gasteiger charge is 2.22. The Bertz CT molecular complexity index is 350. The van der Waals surface area contributed by atoms with Crippen LogP contribution in [0.4, 0.5) is 0 Å². The molecule has 0 spiro atoms. The van der Waals surface area contributed by atoms with Gasteiger partial charge in [-0.25, -0.2) is 4.98 Å². The van der Waals surface area contributed by atoms with Crippen LogP contribution in [-0.4, -0.2) is 16.1 Å². The average Bonchev–Trinajstić information content (AvgIpc) is 2.64. The first kappa shape index (κ1) is 15.2. The third-order valence-electron chi connectivity index (χ3n) is 3.70. The summed E-state index contributed by atoms with van der Waals surface area (Å²) in [6.07, 6.45) is 4.12. The summed E-state index contributed by atoms with van der Waals surface area (Å²) >= 11 is 0. The zero-order chi connectivity index (χ0) is 13.8. The highest BCUT2D eigenvalue weighted by molar-refractivity contribution is 4.97. The highest BCUT2D eigenvalue weighted by Crippen LogP contribution is 2.27. The third-order valence-corrected chi connectivity index (χ3v) is 3.70. The molecule has 0 amide bonds. The van der Waals surface area contributed by atoms with Crippen LogP contribution in [0, 0.1) is 17.3 Å². The molecule has 1 N–H and O–H groups in total. The molecule has 18 heavy (non-hydrogen) atoms. The molecule has 3 nitrogen and oxygen atoms in total. The van der Waals surface area contributed by atoms with Gasteiger partial charge in [-0.1, -0.05) is 41.5 Å². The maximum absolute atomic E-state index is 4.46. The molecule has 0 fully saturated rings. The van der Waals surface area contributed by atoms with Crippen molar-refractivity contribution in [2.45, 2.75) is 54.6 Å². The van der Waals surface area contributed by atoms with Gasteiger partial charge in [-0.3, -0.25) is 0 Å². The van der Waals surface area contributed by atoms with Crippen molar-refractivity contribution in [3.63, 3.8) is 0 Å². The fourth-order valence-electron chi connectivity index (χ4n) is 1.73. The molecule has 0 aliphatic heterocycles. The van der Waals surface area contributed by atoms with Crippen molar-refractivity contribution in [2.75, 3.05) is 6.54 Å². The van der Waals surface area contributed by atoms with E-state index in [1.54, 1.807) is 0 Å². The number of imidazole rings is 1. The average molecular weight is 251 g/mol. The first-order chi connectivity index (χ1) is 8.31. The number of rotatable bonds is 7. The Morgan fingerprint density at radius 3 is 2.50 bits per heavy atom. The predicted molar refractivity (Wildman–Crippen MR) is 77.4 cm³/mol. The fraction of sp³-hybridized carbons (Fsp3) is 0.800. The van der Waals surface area contributed by atoms with Gasteiger partial charge in [0.05, 0.1) is 12.0 Å². The molecule has 0 aliphatic carbocycles. The Hall–Kier alpha value is -0.830. The molecule has 1 heterocycles. The molecule has 104 valence electrons. The van der Waals surface area contributed by atoms with Gasteiger partial charge in [-0.2, -0.15) is 0 Å². The van der Waals surface area contributed by atoms with Crippen molar-refractivity contribution in [1.29, 1.82) is 0 Å². The van der Waals surface area contributed by atoms with Gasteiger partial charge in [0, 0.05) is 19.3 Å². The van der Waals surface area contributed by atoms with Crippen molar-refractivity contribution in [1.82, 2.24) is 14.9 Å². The van der Waals surface area contributed by atoms with E-state index in [-0.39, 0.29) is 0 Å². The zero-order valence-electron chi connectivity index (χ0n) is 12.8. The summed E-state index contributed by atoms with van der Waals surface area (Å²) in [5.41, 5.74) is 1.44. The van der Waals surface area contributed by atoms with E-state index in [4.69, 9.17) is 0 Å². The Balaban J connectivity index is 2.48. The van der Waals surface area contributed by atoms with Crippen molar-refractivity contribution < 1.29 is 0 Å². The molecule has 0 bridgehead atoms. The van der Waals surface area contributed by atoms with Crippen LogP contribution in [0.15, 0.2) is 12.5 Å². The monoisotopic (exact) mass is 251 g/mol. The summed E-state index contributed by atoms with van der Waals surface area (Å²) in [5, 5.41) is 3.42. The maximum atomic E-state index is 4.46. The lowest BCUT2D eigenvalue weighted by Gasteiger charge is -2.29.